The van der Waals surface area contributed by atoms with Gasteiger partial charge in [0.15, 0.2) is 0 Å². The van der Waals surface area contributed by atoms with Crippen molar-refractivity contribution in [3.63, 3.8) is 0 Å². The lowest BCUT2D eigenvalue weighted by Crippen LogP contribution is -2.23. The number of hydrogen-bond donors (Lipinski definition) is 2. The SMILES string of the molecule is NC(=O)Cn1cncc1[C@H](N)Cc1ccccc1. The smallest absolute Gasteiger partial charge is 0.237 e. The average molecular weight is 244 g/mol. The van der Waals surface area contributed by atoms with Gasteiger partial charge in [0.1, 0.15) is 6.54 Å². The molecule has 1 amide bonds. The minimum absolute atomic E-state index is 0.109. The molecule has 5 nitrogen and oxygen atoms in total. The standard InChI is InChI=1S/C13H16N4O/c14-11(6-10-4-2-1-3-5-10)12-7-16-9-17(12)8-13(15)18/h1-5,7,9,11H,6,8,14H2,(H2,15,18)/t11-/m1/s1. The summed E-state index contributed by atoms with van der Waals surface area (Å²) in [6, 6.07) is 9.76. The molecule has 1 aromatic heterocycles. The molecule has 0 aliphatic rings. The van der Waals surface area contributed by atoms with Crippen LogP contribution in [-0.2, 0) is 17.8 Å². The van der Waals surface area contributed by atoms with Crippen LogP contribution in [0, 0.1) is 0 Å². The van der Waals surface area contributed by atoms with Crippen molar-refractivity contribution in [3.05, 3.63) is 54.1 Å². The Morgan fingerprint density at radius 3 is 2.72 bits per heavy atom. The van der Waals surface area contributed by atoms with Crippen LogP contribution in [0.4, 0.5) is 0 Å². The molecule has 2 aromatic rings. The number of aromatic nitrogens is 2. The van der Waals surface area contributed by atoms with Crippen molar-refractivity contribution in [2.45, 2.75) is 19.0 Å². The van der Waals surface area contributed by atoms with E-state index in [0.717, 1.165) is 11.3 Å². The largest absolute Gasteiger partial charge is 0.368 e. The lowest BCUT2D eigenvalue weighted by atomic mass is 10.0. The zero-order chi connectivity index (χ0) is 13.0. The van der Waals surface area contributed by atoms with Gasteiger partial charge in [-0.1, -0.05) is 30.3 Å². The van der Waals surface area contributed by atoms with Gasteiger partial charge in [0.05, 0.1) is 18.1 Å². The molecule has 0 bridgehead atoms. The first kappa shape index (κ1) is 12.3. The van der Waals surface area contributed by atoms with Crippen LogP contribution in [-0.4, -0.2) is 15.5 Å². The van der Waals surface area contributed by atoms with Crippen molar-refractivity contribution in [2.75, 3.05) is 0 Å². The molecule has 1 aromatic carbocycles. The number of rotatable bonds is 5. The number of carbonyl (C=O) groups is 1. The first-order chi connectivity index (χ1) is 8.66. The van der Waals surface area contributed by atoms with Crippen molar-refractivity contribution in [1.82, 2.24) is 9.55 Å². The monoisotopic (exact) mass is 244 g/mol. The van der Waals surface area contributed by atoms with Crippen LogP contribution in [0.25, 0.3) is 0 Å². The van der Waals surface area contributed by atoms with Crippen molar-refractivity contribution in [1.29, 1.82) is 0 Å². The number of benzene rings is 1. The summed E-state index contributed by atoms with van der Waals surface area (Å²) in [4.78, 5) is 14.9. The van der Waals surface area contributed by atoms with Crippen LogP contribution in [0.5, 0.6) is 0 Å². The fourth-order valence-electron chi connectivity index (χ4n) is 1.91. The lowest BCUT2D eigenvalue weighted by Gasteiger charge is -2.13. The summed E-state index contributed by atoms with van der Waals surface area (Å²) in [5, 5.41) is 0. The molecular formula is C13H16N4O. The van der Waals surface area contributed by atoms with Crippen LogP contribution in [0.3, 0.4) is 0 Å². The first-order valence-electron chi connectivity index (χ1n) is 5.74. The van der Waals surface area contributed by atoms with Gasteiger partial charge >= 0.3 is 0 Å². The van der Waals surface area contributed by atoms with Crippen molar-refractivity contribution < 1.29 is 4.79 Å². The number of hydrogen-bond acceptors (Lipinski definition) is 3. The topological polar surface area (TPSA) is 86.9 Å². The van der Waals surface area contributed by atoms with Crippen LogP contribution in [0.2, 0.25) is 0 Å². The molecule has 4 N–H and O–H groups in total. The summed E-state index contributed by atoms with van der Waals surface area (Å²) in [6.07, 6.45) is 3.95. The third-order valence-electron chi connectivity index (χ3n) is 2.75. The molecule has 5 heteroatoms. The maximum Gasteiger partial charge on any atom is 0.237 e. The van der Waals surface area contributed by atoms with E-state index < -0.39 is 5.91 Å². The van der Waals surface area contributed by atoms with Gasteiger partial charge in [-0.05, 0) is 12.0 Å². The highest BCUT2D eigenvalue weighted by atomic mass is 16.1. The van der Waals surface area contributed by atoms with Crippen LogP contribution >= 0.6 is 0 Å². The van der Waals surface area contributed by atoms with E-state index in [4.69, 9.17) is 11.5 Å². The number of imidazole rings is 1. The second-order valence-corrected chi connectivity index (χ2v) is 4.21. The summed E-state index contributed by atoms with van der Waals surface area (Å²) in [6.45, 7) is 0.109. The summed E-state index contributed by atoms with van der Waals surface area (Å²) in [5.41, 5.74) is 13.3. The molecule has 0 aliphatic carbocycles. The fourth-order valence-corrected chi connectivity index (χ4v) is 1.91. The van der Waals surface area contributed by atoms with Crippen LogP contribution in [0.1, 0.15) is 17.3 Å². The molecule has 0 radical (unpaired) electrons. The fraction of sp³-hybridized carbons (Fsp3) is 0.231. The maximum atomic E-state index is 10.9. The number of primary amides is 1. The molecule has 1 heterocycles. The summed E-state index contributed by atoms with van der Waals surface area (Å²) in [7, 11) is 0. The molecule has 18 heavy (non-hydrogen) atoms. The van der Waals surface area contributed by atoms with Gasteiger partial charge in [-0.25, -0.2) is 4.98 Å². The lowest BCUT2D eigenvalue weighted by molar-refractivity contribution is -0.118. The number of nitrogens with two attached hydrogens (primary N) is 2. The molecular weight excluding hydrogens is 228 g/mol. The van der Waals surface area contributed by atoms with Gasteiger partial charge in [-0.15, -0.1) is 0 Å². The highest BCUT2D eigenvalue weighted by molar-refractivity contribution is 5.73. The van der Waals surface area contributed by atoms with Gasteiger partial charge in [0.2, 0.25) is 5.91 Å². The Labute approximate surface area is 105 Å². The molecule has 1 atom stereocenters. The summed E-state index contributed by atoms with van der Waals surface area (Å²) >= 11 is 0. The van der Waals surface area contributed by atoms with E-state index >= 15 is 0 Å². The van der Waals surface area contributed by atoms with Crippen LogP contribution in [0.15, 0.2) is 42.9 Å². The van der Waals surface area contributed by atoms with E-state index in [1.807, 2.05) is 30.3 Å². The van der Waals surface area contributed by atoms with E-state index in [1.54, 1.807) is 17.1 Å². The molecule has 0 aliphatic heterocycles. The molecule has 0 saturated carbocycles. The van der Waals surface area contributed by atoms with Gasteiger partial charge in [-0.3, -0.25) is 4.79 Å². The summed E-state index contributed by atoms with van der Waals surface area (Å²) < 4.78 is 1.69. The predicted molar refractivity (Wildman–Crippen MR) is 68.5 cm³/mol. The third-order valence-corrected chi connectivity index (χ3v) is 2.75. The van der Waals surface area contributed by atoms with Gasteiger partial charge in [-0.2, -0.15) is 0 Å². The molecule has 0 spiro atoms. The third kappa shape index (κ3) is 2.95. The molecule has 0 fully saturated rings. The average Bonchev–Trinajstić information content (AvgIpc) is 2.77. The second-order valence-electron chi connectivity index (χ2n) is 4.21. The van der Waals surface area contributed by atoms with Crippen LogP contribution < -0.4 is 11.5 Å². The van der Waals surface area contributed by atoms with E-state index in [0.29, 0.717) is 6.42 Å². The Morgan fingerprint density at radius 1 is 1.33 bits per heavy atom. The number of amides is 1. The highest BCUT2D eigenvalue weighted by Gasteiger charge is 2.13. The molecule has 2 rings (SSSR count). The zero-order valence-electron chi connectivity index (χ0n) is 9.99. The van der Waals surface area contributed by atoms with Crippen molar-refractivity contribution >= 4 is 5.91 Å². The van der Waals surface area contributed by atoms with Gasteiger partial charge in [0.25, 0.3) is 0 Å². The Balaban J connectivity index is 2.11. The van der Waals surface area contributed by atoms with E-state index in [9.17, 15) is 4.79 Å². The first-order valence-corrected chi connectivity index (χ1v) is 5.74. The van der Waals surface area contributed by atoms with E-state index in [1.165, 1.54) is 0 Å². The van der Waals surface area contributed by atoms with Crippen molar-refractivity contribution in [2.24, 2.45) is 11.5 Å². The molecule has 0 saturated heterocycles. The molecule has 0 unspecified atom stereocenters. The Hall–Kier alpha value is -2.14. The van der Waals surface area contributed by atoms with Gasteiger partial charge in [0, 0.05) is 6.20 Å². The zero-order valence-corrected chi connectivity index (χ0v) is 9.99. The van der Waals surface area contributed by atoms with Gasteiger partial charge < -0.3 is 16.0 Å². The number of carbonyl (C=O) groups excluding carboxylic acids is 1. The Morgan fingerprint density at radius 2 is 2.06 bits per heavy atom. The molecule has 94 valence electrons. The number of nitrogens with zero attached hydrogens (tertiary/aromatic N) is 2. The maximum absolute atomic E-state index is 10.9. The van der Waals surface area contributed by atoms with Crippen molar-refractivity contribution in [3.8, 4) is 0 Å². The second kappa shape index (κ2) is 5.46. The quantitative estimate of drug-likeness (QED) is 0.807. The Bertz CT molecular complexity index is 521. The highest BCUT2D eigenvalue weighted by Crippen LogP contribution is 2.15. The normalized spacial score (nSPS) is 12.3. The van der Waals surface area contributed by atoms with E-state index in [2.05, 4.69) is 4.98 Å². The predicted octanol–water partition coefficient (Wildman–Crippen LogP) is 0.611. The minimum Gasteiger partial charge on any atom is -0.368 e. The van der Waals surface area contributed by atoms with E-state index in [-0.39, 0.29) is 12.6 Å². The minimum atomic E-state index is -0.402. The summed E-state index contributed by atoms with van der Waals surface area (Å²) in [5.74, 6) is -0.402. The Kier molecular flexibility index (Phi) is 3.74.